The highest BCUT2D eigenvalue weighted by Gasteiger charge is 2.53. The molecule has 0 aromatic carbocycles. The van der Waals surface area contributed by atoms with Crippen molar-refractivity contribution in [1.82, 2.24) is 10.2 Å². The average Bonchev–Trinajstić information content (AvgIpc) is 3.24. The van der Waals surface area contributed by atoms with Gasteiger partial charge < -0.3 is 10.2 Å². The molecule has 4 heteroatoms. The molecular weight excluding hydrogens is 264 g/mol. The SMILES string of the molecule is CCC1C(=O)NC(CC)(CC)C(=O)N1CC1(C(C)C)CC1. The zero-order chi connectivity index (χ0) is 15.8. The minimum absolute atomic E-state index is 0.0281. The molecule has 2 fully saturated rings. The maximum Gasteiger partial charge on any atom is 0.249 e. The molecule has 1 saturated carbocycles. The third kappa shape index (κ3) is 2.58. The number of carbonyl (C=O) groups excluding carboxylic acids is 2. The second-order valence-electron chi connectivity index (χ2n) is 7.15. The van der Waals surface area contributed by atoms with E-state index in [2.05, 4.69) is 19.2 Å². The van der Waals surface area contributed by atoms with Crippen LogP contribution in [-0.2, 0) is 9.59 Å². The van der Waals surface area contributed by atoms with Crippen LogP contribution in [0.2, 0.25) is 0 Å². The largest absolute Gasteiger partial charge is 0.340 e. The van der Waals surface area contributed by atoms with Crippen molar-refractivity contribution in [3.8, 4) is 0 Å². The fourth-order valence-corrected chi connectivity index (χ4v) is 3.67. The Hall–Kier alpha value is -1.06. The lowest BCUT2D eigenvalue weighted by Gasteiger charge is -2.47. The van der Waals surface area contributed by atoms with Crippen molar-refractivity contribution in [1.29, 1.82) is 0 Å². The van der Waals surface area contributed by atoms with Gasteiger partial charge in [-0.05, 0) is 43.4 Å². The molecule has 0 bridgehead atoms. The molecule has 1 aliphatic carbocycles. The van der Waals surface area contributed by atoms with Crippen LogP contribution in [0, 0.1) is 11.3 Å². The molecule has 0 radical (unpaired) electrons. The number of amides is 2. The highest BCUT2D eigenvalue weighted by atomic mass is 16.2. The van der Waals surface area contributed by atoms with E-state index < -0.39 is 5.54 Å². The fourth-order valence-electron chi connectivity index (χ4n) is 3.67. The number of nitrogens with zero attached hydrogens (tertiary/aromatic N) is 1. The Morgan fingerprint density at radius 2 is 1.76 bits per heavy atom. The highest BCUT2D eigenvalue weighted by Crippen LogP contribution is 2.53. The quantitative estimate of drug-likeness (QED) is 0.819. The molecule has 1 unspecified atom stereocenters. The maximum atomic E-state index is 13.1. The summed E-state index contributed by atoms with van der Waals surface area (Å²) in [6, 6.07) is -0.292. The van der Waals surface area contributed by atoms with Gasteiger partial charge in [-0.3, -0.25) is 9.59 Å². The normalized spacial score (nSPS) is 27.0. The molecule has 2 amide bonds. The zero-order valence-electron chi connectivity index (χ0n) is 14.2. The van der Waals surface area contributed by atoms with E-state index >= 15 is 0 Å². The number of piperazine rings is 1. The first-order valence-corrected chi connectivity index (χ1v) is 8.49. The second-order valence-corrected chi connectivity index (χ2v) is 7.15. The van der Waals surface area contributed by atoms with Crippen LogP contribution >= 0.6 is 0 Å². The van der Waals surface area contributed by atoms with Crippen LogP contribution in [0.5, 0.6) is 0 Å². The van der Waals surface area contributed by atoms with Crippen LogP contribution < -0.4 is 5.32 Å². The molecule has 120 valence electrons. The standard InChI is InChI=1S/C17H30N2O2/c1-6-13-14(20)18-17(7-2,8-3)15(21)19(13)11-16(9-10-16)12(4)5/h12-13H,6-11H2,1-5H3,(H,18,20). The lowest BCUT2D eigenvalue weighted by molar-refractivity contribution is -0.157. The topological polar surface area (TPSA) is 49.4 Å². The molecule has 4 nitrogen and oxygen atoms in total. The first-order chi connectivity index (χ1) is 9.85. The van der Waals surface area contributed by atoms with E-state index in [1.807, 2.05) is 25.7 Å². The number of nitrogens with one attached hydrogen (secondary N) is 1. The lowest BCUT2D eigenvalue weighted by Crippen LogP contribution is -2.70. The van der Waals surface area contributed by atoms with Gasteiger partial charge in [0.2, 0.25) is 11.8 Å². The Labute approximate surface area is 128 Å². The van der Waals surface area contributed by atoms with Crippen molar-refractivity contribution < 1.29 is 9.59 Å². The van der Waals surface area contributed by atoms with Gasteiger partial charge in [0.1, 0.15) is 11.6 Å². The predicted octanol–water partition coefficient (Wildman–Crippen LogP) is 2.72. The summed E-state index contributed by atoms with van der Waals surface area (Å²) in [6.45, 7) is 11.2. The third-order valence-electron chi connectivity index (χ3n) is 5.91. The summed E-state index contributed by atoms with van der Waals surface area (Å²) in [5, 5.41) is 3.02. The van der Waals surface area contributed by atoms with E-state index in [0.29, 0.717) is 25.2 Å². The number of hydrogen-bond acceptors (Lipinski definition) is 2. The van der Waals surface area contributed by atoms with Crippen LogP contribution in [0.15, 0.2) is 0 Å². The number of hydrogen-bond donors (Lipinski definition) is 1. The van der Waals surface area contributed by atoms with Crippen LogP contribution in [-0.4, -0.2) is 34.8 Å². The van der Waals surface area contributed by atoms with E-state index in [4.69, 9.17) is 0 Å². The Balaban J connectivity index is 2.29. The molecule has 21 heavy (non-hydrogen) atoms. The molecule has 0 aromatic rings. The van der Waals surface area contributed by atoms with Gasteiger partial charge in [0.05, 0.1) is 0 Å². The Morgan fingerprint density at radius 1 is 1.19 bits per heavy atom. The van der Waals surface area contributed by atoms with Crippen LogP contribution in [0.25, 0.3) is 0 Å². The van der Waals surface area contributed by atoms with E-state index in [1.165, 1.54) is 12.8 Å². The van der Waals surface area contributed by atoms with Crippen LogP contribution in [0.1, 0.15) is 66.7 Å². The lowest BCUT2D eigenvalue weighted by atomic mass is 9.84. The van der Waals surface area contributed by atoms with Crippen molar-refractivity contribution in [3.63, 3.8) is 0 Å². The zero-order valence-corrected chi connectivity index (χ0v) is 14.2. The van der Waals surface area contributed by atoms with Gasteiger partial charge in [0, 0.05) is 6.54 Å². The molecule has 0 spiro atoms. The average molecular weight is 294 g/mol. The Kier molecular flexibility index (Phi) is 4.36. The third-order valence-corrected chi connectivity index (χ3v) is 5.91. The van der Waals surface area contributed by atoms with Gasteiger partial charge in [-0.25, -0.2) is 0 Å². The second kappa shape index (κ2) is 5.62. The van der Waals surface area contributed by atoms with E-state index in [1.54, 1.807) is 0 Å². The van der Waals surface area contributed by atoms with E-state index in [0.717, 1.165) is 6.54 Å². The van der Waals surface area contributed by atoms with E-state index in [-0.39, 0.29) is 23.3 Å². The van der Waals surface area contributed by atoms with Crippen molar-refractivity contribution >= 4 is 11.8 Å². The molecule has 1 N–H and O–H groups in total. The smallest absolute Gasteiger partial charge is 0.249 e. The number of carbonyl (C=O) groups is 2. The Morgan fingerprint density at radius 3 is 2.14 bits per heavy atom. The Bertz CT molecular complexity index is 423. The van der Waals surface area contributed by atoms with Gasteiger partial charge in [0.15, 0.2) is 0 Å². The summed E-state index contributed by atoms with van der Waals surface area (Å²) in [5.74, 6) is 0.719. The maximum absolute atomic E-state index is 13.1. The minimum Gasteiger partial charge on any atom is -0.340 e. The molecule has 1 saturated heterocycles. The summed E-state index contributed by atoms with van der Waals surface area (Å²) >= 11 is 0. The summed E-state index contributed by atoms with van der Waals surface area (Å²) in [5.41, 5.74) is -0.441. The van der Waals surface area contributed by atoms with Gasteiger partial charge in [-0.2, -0.15) is 0 Å². The van der Waals surface area contributed by atoms with Crippen molar-refractivity contribution in [3.05, 3.63) is 0 Å². The predicted molar refractivity (Wildman–Crippen MR) is 83.8 cm³/mol. The van der Waals surface area contributed by atoms with Gasteiger partial charge >= 0.3 is 0 Å². The van der Waals surface area contributed by atoms with E-state index in [9.17, 15) is 9.59 Å². The molecule has 1 atom stereocenters. The summed E-state index contributed by atoms with van der Waals surface area (Å²) in [6.07, 6.45) is 4.37. The molecule has 2 aliphatic rings. The highest BCUT2D eigenvalue weighted by molar-refractivity contribution is 5.99. The van der Waals surface area contributed by atoms with Crippen LogP contribution in [0.3, 0.4) is 0 Å². The molecule has 1 heterocycles. The van der Waals surface area contributed by atoms with Crippen molar-refractivity contribution in [2.45, 2.75) is 78.3 Å². The molecule has 0 aromatic heterocycles. The van der Waals surface area contributed by atoms with Crippen molar-refractivity contribution in [2.75, 3.05) is 6.54 Å². The minimum atomic E-state index is -0.685. The fraction of sp³-hybridized carbons (Fsp3) is 0.882. The molecule has 1 aliphatic heterocycles. The monoisotopic (exact) mass is 294 g/mol. The first-order valence-electron chi connectivity index (χ1n) is 8.49. The van der Waals surface area contributed by atoms with Gasteiger partial charge in [0.25, 0.3) is 0 Å². The first kappa shape index (κ1) is 16.3. The molecule has 2 rings (SSSR count). The summed E-state index contributed by atoms with van der Waals surface area (Å²) in [4.78, 5) is 27.5. The summed E-state index contributed by atoms with van der Waals surface area (Å²) < 4.78 is 0. The van der Waals surface area contributed by atoms with Crippen molar-refractivity contribution in [2.24, 2.45) is 11.3 Å². The molecular formula is C17H30N2O2. The van der Waals surface area contributed by atoms with Gasteiger partial charge in [-0.15, -0.1) is 0 Å². The number of rotatable bonds is 6. The van der Waals surface area contributed by atoms with Gasteiger partial charge in [-0.1, -0.05) is 34.6 Å². The van der Waals surface area contributed by atoms with Crippen LogP contribution in [0.4, 0.5) is 0 Å². The summed E-state index contributed by atoms with van der Waals surface area (Å²) in [7, 11) is 0.